The monoisotopic (exact) mass is 437 g/mol. The summed E-state index contributed by atoms with van der Waals surface area (Å²) >= 11 is 0. The standard InChI is InChI=1S/C28H27N3O2/c1-21(32)23-11-13-24(14-12-23)29-15-17-30(18-16-29)28(33)26-20-31(19-22-7-3-2-4-8-22)27-10-6-5-9-25(26)27/h2-14,20H,15-19H2,1H3. The van der Waals surface area contributed by atoms with Gasteiger partial charge >= 0.3 is 0 Å². The second kappa shape index (κ2) is 8.94. The fourth-order valence-corrected chi connectivity index (χ4v) is 4.57. The molecule has 0 N–H and O–H groups in total. The fourth-order valence-electron chi connectivity index (χ4n) is 4.57. The summed E-state index contributed by atoms with van der Waals surface area (Å²) < 4.78 is 2.17. The van der Waals surface area contributed by atoms with E-state index in [2.05, 4.69) is 27.7 Å². The van der Waals surface area contributed by atoms with Crippen LogP contribution in [0.2, 0.25) is 0 Å². The first-order valence-corrected chi connectivity index (χ1v) is 11.4. The number of rotatable bonds is 5. The van der Waals surface area contributed by atoms with E-state index in [0.29, 0.717) is 13.1 Å². The number of carbonyl (C=O) groups excluding carboxylic acids is 2. The van der Waals surface area contributed by atoms with Gasteiger partial charge in [-0.3, -0.25) is 9.59 Å². The minimum Gasteiger partial charge on any atom is -0.368 e. The van der Waals surface area contributed by atoms with Gasteiger partial charge in [-0.15, -0.1) is 0 Å². The van der Waals surface area contributed by atoms with Crippen molar-refractivity contribution in [1.29, 1.82) is 0 Å². The van der Waals surface area contributed by atoms with Gasteiger partial charge in [0.25, 0.3) is 5.91 Å². The molecule has 0 aliphatic carbocycles. The first-order valence-electron chi connectivity index (χ1n) is 11.4. The van der Waals surface area contributed by atoms with Crippen molar-refractivity contribution < 1.29 is 9.59 Å². The predicted octanol–water partition coefficient (Wildman–Crippen LogP) is 4.85. The van der Waals surface area contributed by atoms with E-state index in [0.717, 1.165) is 47.4 Å². The Hall–Kier alpha value is -3.86. The Morgan fingerprint density at radius 3 is 2.15 bits per heavy atom. The maximum Gasteiger partial charge on any atom is 0.256 e. The SMILES string of the molecule is CC(=O)c1ccc(N2CCN(C(=O)c3cn(Cc4ccccc4)c4ccccc34)CC2)cc1. The number of Topliss-reactive ketones (excluding diaryl/α,β-unsaturated/α-hetero) is 1. The summed E-state index contributed by atoms with van der Waals surface area (Å²) in [5.41, 5.74) is 4.86. The number of carbonyl (C=O) groups is 2. The molecule has 1 fully saturated rings. The minimum atomic E-state index is 0.0726. The van der Waals surface area contributed by atoms with Gasteiger partial charge in [-0.1, -0.05) is 48.5 Å². The van der Waals surface area contributed by atoms with E-state index in [9.17, 15) is 9.59 Å². The Bertz CT molecular complexity index is 1280. The topological polar surface area (TPSA) is 45.6 Å². The maximum atomic E-state index is 13.5. The van der Waals surface area contributed by atoms with Gasteiger partial charge in [0.2, 0.25) is 0 Å². The van der Waals surface area contributed by atoms with Gasteiger partial charge in [-0.25, -0.2) is 0 Å². The van der Waals surface area contributed by atoms with Crippen LogP contribution in [0.15, 0.2) is 85.1 Å². The molecule has 0 spiro atoms. The first kappa shape index (κ1) is 21.0. The van der Waals surface area contributed by atoms with E-state index in [4.69, 9.17) is 0 Å². The van der Waals surface area contributed by atoms with Crippen molar-refractivity contribution in [2.45, 2.75) is 13.5 Å². The summed E-state index contributed by atoms with van der Waals surface area (Å²) in [6, 6.07) is 26.2. The number of piperazine rings is 1. The molecule has 0 saturated carbocycles. The highest BCUT2D eigenvalue weighted by Crippen LogP contribution is 2.25. The van der Waals surface area contributed by atoms with Gasteiger partial charge in [0.05, 0.1) is 5.56 Å². The molecule has 1 saturated heterocycles. The molecule has 1 amide bonds. The molecule has 0 radical (unpaired) electrons. The highest BCUT2D eigenvalue weighted by atomic mass is 16.2. The Kier molecular flexibility index (Phi) is 5.69. The lowest BCUT2D eigenvalue weighted by Gasteiger charge is -2.36. The van der Waals surface area contributed by atoms with Crippen LogP contribution in [0.3, 0.4) is 0 Å². The predicted molar refractivity (Wildman–Crippen MR) is 132 cm³/mol. The lowest BCUT2D eigenvalue weighted by Crippen LogP contribution is -2.48. The molecule has 1 aliphatic heterocycles. The molecule has 5 rings (SSSR count). The van der Waals surface area contributed by atoms with Gasteiger partial charge in [-0.2, -0.15) is 0 Å². The van der Waals surface area contributed by atoms with Crippen LogP contribution in [0.1, 0.15) is 33.2 Å². The van der Waals surface area contributed by atoms with E-state index >= 15 is 0 Å². The summed E-state index contributed by atoms with van der Waals surface area (Å²) in [6.45, 7) is 5.20. The smallest absolute Gasteiger partial charge is 0.256 e. The van der Waals surface area contributed by atoms with Crippen molar-refractivity contribution >= 4 is 28.3 Å². The number of aromatic nitrogens is 1. The number of benzene rings is 3. The quantitative estimate of drug-likeness (QED) is 0.419. The normalized spacial score (nSPS) is 14.0. The molecule has 5 heteroatoms. The Morgan fingerprint density at radius 1 is 0.788 bits per heavy atom. The van der Waals surface area contributed by atoms with E-state index < -0.39 is 0 Å². The second-order valence-electron chi connectivity index (χ2n) is 8.56. The lowest BCUT2D eigenvalue weighted by molar-refractivity contribution is 0.0748. The van der Waals surface area contributed by atoms with Crippen LogP contribution in [-0.4, -0.2) is 47.3 Å². The Morgan fingerprint density at radius 2 is 1.45 bits per heavy atom. The van der Waals surface area contributed by atoms with E-state index in [-0.39, 0.29) is 11.7 Å². The van der Waals surface area contributed by atoms with Crippen LogP contribution in [0.4, 0.5) is 5.69 Å². The summed E-state index contributed by atoms with van der Waals surface area (Å²) in [5.74, 6) is 0.160. The summed E-state index contributed by atoms with van der Waals surface area (Å²) in [4.78, 5) is 29.2. The van der Waals surface area contributed by atoms with Crippen LogP contribution in [0.25, 0.3) is 10.9 Å². The zero-order chi connectivity index (χ0) is 22.8. The Balaban J connectivity index is 1.33. The largest absolute Gasteiger partial charge is 0.368 e. The third kappa shape index (κ3) is 4.27. The average molecular weight is 438 g/mol. The zero-order valence-corrected chi connectivity index (χ0v) is 18.8. The van der Waals surface area contributed by atoms with Crippen LogP contribution in [0.5, 0.6) is 0 Å². The van der Waals surface area contributed by atoms with Gasteiger partial charge in [-0.05, 0) is 42.8 Å². The van der Waals surface area contributed by atoms with E-state index in [1.54, 1.807) is 6.92 Å². The van der Waals surface area contributed by atoms with E-state index in [1.165, 1.54) is 5.56 Å². The molecule has 166 valence electrons. The molecular formula is C28H27N3O2. The molecule has 0 bridgehead atoms. The molecular weight excluding hydrogens is 410 g/mol. The zero-order valence-electron chi connectivity index (χ0n) is 18.8. The summed E-state index contributed by atoms with van der Waals surface area (Å²) in [6.07, 6.45) is 2.01. The molecule has 4 aromatic rings. The Labute approximate surface area is 193 Å². The number of ketones is 1. The molecule has 1 aliphatic rings. The minimum absolute atomic E-state index is 0.0726. The van der Waals surface area contributed by atoms with Crippen LogP contribution in [0, 0.1) is 0 Å². The van der Waals surface area contributed by atoms with Crippen molar-refractivity contribution in [3.63, 3.8) is 0 Å². The van der Waals surface area contributed by atoms with Crippen molar-refractivity contribution in [3.05, 3.63) is 102 Å². The molecule has 1 aromatic heterocycles. The summed E-state index contributed by atoms with van der Waals surface area (Å²) in [7, 11) is 0. The molecule has 5 nitrogen and oxygen atoms in total. The molecule has 3 aromatic carbocycles. The fraction of sp³-hybridized carbons (Fsp3) is 0.214. The number of hydrogen-bond donors (Lipinski definition) is 0. The third-order valence-electron chi connectivity index (χ3n) is 6.42. The van der Waals surface area contributed by atoms with Crippen LogP contribution >= 0.6 is 0 Å². The number of amides is 1. The molecule has 0 atom stereocenters. The lowest BCUT2D eigenvalue weighted by atomic mass is 10.1. The molecule has 2 heterocycles. The van der Waals surface area contributed by atoms with Gasteiger partial charge < -0.3 is 14.4 Å². The van der Waals surface area contributed by atoms with Crippen molar-refractivity contribution in [3.8, 4) is 0 Å². The van der Waals surface area contributed by atoms with Gasteiger partial charge in [0.1, 0.15) is 0 Å². The number of para-hydroxylation sites is 1. The molecule has 33 heavy (non-hydrogen) atoms. The highest BCUT2D eigenvalue weighted by molar-refractivity contribution is 6.07. The van der Waals surface area contributed by atoms with Gasteiger partial charge in [0, 0.05) is 61.1 Å². The summed E-state index contributed by atoms with van der Waals surface area (Å²) in [5, 5.41) is 1.00. The number of nitrogens with zero attached hydrogens (tertiary/aromatic N) is 3. The molecule has 0 unspecified atom stereocenters. The van der Waals surface area contributed by atoms with Crippen molar-refractivity contribution in [2.75, 3.05) is 31.1 Å². The van der Waals surface area contributed by atoms with E-state index in [1.807, 2.05) is 71.8 Å². The average Bonchev–Trinajstić information content (AvgIpc) is 3.23. The third-order valence-corrected chi connectivity index (χ3v) is 6.42. The first-order chi connectivity index (χ1) is 16.1. The number of fused-ring (bicyclic) bond motifs is 1. The number of anilines is 1. The van der Waals surface area contributed by atoms with Crippen LogP contribution < -0.4 is 4.90 Å². The maximum absolute atomic E-state index is 13.5. The highest BCUT2D eigenvalue weighted by Gasteiger charge is 2.25. The van der Waals surface area contributed by atoms with Crippen molar-refractivity contribution in [1.82, 2.24) is 9.47 Å². The van der Waals surface area contributed by atoms with Crippen LogP contribution in [-0.2, 0) is 6.54 Å². The number of hydrogen-bond acceptors (Lipinski definition) is 3. The van der Waals surface area contributed by atoms with Crippen molar-refractivity contribution in [2.24, 2.45) is 0 Å². The second-order valence-corrected chi connectivity index (χ2v) is 8.56. The van der Waals surface area contributed by atoms with Gasteiger partial charge in [0.15, 0.2) is 5.78 Å².